The van der Waals surface area contributed by atoms with Gasteiger partial charge in [-0.15, -0.1) is 0 Å². The van der Waals surface area contributed by atoms with Crippen LogP contribution < -0.4 is 4.23 Å². The maximum atomic E-state index is 2.38. The molecule has 0 radical (unpaired) electrons. The minimum Gasteiger partial charge on any atom is -0.279 e. The van der Waals surface area contributed by atoms with Gasteiger partial charge in [0.15, 0.2) is 6.20 Å². The average molecular weight is 202 g/mol. The molecule has 1 nitrogen and oxygen atoms in total. The Balaban J connectivity index is 2.63. The van der Waals surface area contributed by atoms with Crippen molar-refractivity contribution < 1.29 is 4.23 Å². The number of hydrogen-bond donors (Lipinski definition) is 0. The largest absolute Gasteiger partial charge is 0.354 e. The Morgan fingerprint density at radius 3 is 2.21 bits per heavy atom. The molecule has 0 unspecified atom stereocenters. The molecule has 0 N–H and O–H groups in total. The van der Waals surface area contributed by atoms with Gasteiger partial charge in [-0.05, 0) is 31.1 Å². The molecule has 1 aromatic carbocycles. The average Bonchev–Trinajstić information content (AvgIpc) is 2.16. The lowest BCUT2D eigenvalue weighted by Gasteiger charge is -2.09. The Hall–Kier alpha value is -1.15. The van der Waals surface area contributed by atoms with Gasteiger partial charge >= 0.3 is 8.24 Å². The van der Waals surface area contributed by atoms with Crippen LogP contribution in [0.2, 0.25) is 19.6 Å². The first-order valence-electron chi connectivity index (χ1n) is 4.98. The van der Waals surface area contributed by atoms with E-state index in [4.69, 9.17) is 0 Å². The monoisotopic (exact) mass is 202 g/mol. The summed E-state index contributed by atoms with van der Waals surface area (Å²) in [5.74, 6) is 0. The second-order valence-electron chi connectivity index (χ2n) is 4.65. The van der Waals surface area contributed by atoms with Gasteiger partial charge in [-0.2, -0.15) is 0 Å². The van der Waals surface area contributed by atoms with Gasteiger partial charge in [0.05, 0.1) is 0 Å². The zero-order valence-corrected chi connectivity index (χ0v) is 9.99. The van der Waals surface area contributed by atoms with Crippen molar-refractivity contribution in [2.24, 2.45) is 0 Å². The van der Waals surface area contributed by atoms with Crippen LogP contribution >= 0.6 is 0 Å². The highest BCUT2D eigenvalue weighted by molar-refractivity contribution is 6.67. The quantitative estimate of drug-likeness (QED) is 0.626. The van der Waals surface area contributed by atoms with Crippen LogP contribution in [0.15, 0.2) is 42.7 Å². The van der Waals surface area contributed by atoms with Crippen molar-refractivity contribution in [3.05, 3.63) is 42.7 Å². The summed E-state index contributed by atoms with van der Waals surface area (Å²) >= 11 is 0. The normalized spacial score (nSPS) is 11.9. The van der Waals surface area contributed by atoms with E-state index in [2.05, 4.69) is 66.6 Å². The molecular weight excluding hydrogens is 186 g/mol. The van der Waals surface area contributed by atoms with E-state index in [1.807, 2.05) is 0 Å². The number of nitrogens with zero attached hydrogens (tertiary/aromatic N) is 1. The van der Waals surface area contributed by atoms with E-state index in [-0.39, 0.29) is 0 Å². The van der Waals surface area contributed by atoms with Crippen molar-refractivity contribution in [1.82, 2.24) is 0 Å². The lowest BCUT2D eigenvalue weighted by atomic mass is 10.2. The van der Waals surface area contributed by atoms with Crippen LogP contribution in [0.1, 0.15) is 0 Å². The number of rotatable bonds is 1. The van der Waals surface area contributed by atoms with E-state index in [0.29, 0.717) is 0 Å². The minimum absolute atomic E-state index is 1.23. The molecule has 14 heavy (non-hydrogen) atoms. The van der Waals surface area contributed by atoms with Crippen molar-refractivity contribution in [2.45, 2.75) is 19.6 Å². The van der Waals surface area contributed by atoms with Crippen LogP contribution in [0, 0.1) is 0 Å². The topological polar surface area (TPSA) is 3.88 Å². The molecule has 1 heterocycles. The molecule has 0 saturated heterocycles. The van der Waals surface area contributed by atoms with Crippen LogP contribution in [-0.2, 0) is 0 Å². The first-order valence-corrected chi connectivity index (χ1v) is 8.43. The summed E-state index contributed by atoms with van der Waals surface area (Å²) in [6.45, 7) is 7.05. The summed E-state index contributed by atoms with van der Waals surface area (Å²) in [6, 6.07) is 10.7. The standard InChI is InChI=1S/C12H16NSi/c1-14(2,3)13-9-8-11-6-4-5-7-12(11)10-13/h4-10H,1-3H3/q+1. The van der Waals surface area contributed by atoms with E-state index >= 15 is 0 Å². The summed E-state index contributed by atoms with van der Waals surface area (Å²) in [7, 11) is -1.23. The Labute approximate surface area is 86.1 Å². The molecule has 2 aromatic rings. The van der Waals surface area contributed by atoms with Crippen LogP contribution in [0.5, 0.6) is 0 Å². The van der Waals surface area contributed by atoms with Crippen LogP contribution in [0.3, 0.4) is 0 Å². The third-order valence-corrected chi connectivity index (χ3v) is 4.29. The molecular formula is C12H16NSi+. The maximum Gasteiger partial charge on any atom is 0.354 e. The SMILES string of the molecule is C[Si](C)(C)[n+]1ccc2ccccc2c1. The molecule has 0 aliphatic heterocycles. The summed E-state index contributed by atoms with van der Waals surface area (Å²) in [6.07, 6.45) is 4.47. The third kappa shape index (κ3) is 1.70. The van der Waals surface area contributed by atoms with Gasteiger partial charge in [0.2, 0.25) is 0 Å². The van der Waals surface area contributed by atoms with E-state index in [1.54, 1.807) is 0 Å². The van der Waals surface area contributed by atoms with Gasteiger partial charge in [0.1, 0.15) is 6.20 Å². The highest BCUT2D eigenvalue weighted by Crippen LogP contribution is 2.10. The lowest BCUT2D eigenvalue weighted by molar-refractivity contribution is -0.543. The Kier molecular flexibility index (Phi) is 2.15. The van der Waals surface area contributed by atoms with Crippen LogP contribution in [0.4, 0.5) is 0 Å². The van der Waals surface area contributed by atoms with Crippen LogP contribution in [-0.4, -0.2) is 8.24 Å². The molecule has 0 fully saturated rings. The van der Waals surface area contributed by atoms with E-state index in [0.717, 1.165) is 0 Å². The highest BCUT2D eigenvalue weighted by atomic mass is 28.3. The number of benzene rings is 1. The van der Waals surface area contributed by atoms with Crippen molar-refractivity contribution >= 4 is 19.0 Å². The molecule has 0 atom stereocenters. The fraction of sp³-hybridized carbons (Fsp3) is 0.250. The predicted octanol–water partition coefficient (Wildman–Crippen LogP) is 2.81. The minimum atomic E-state index is -1.23. The fourth-order valence-corrected chi connectivity index (χ4v) is 2.60. The van der Waals surface area contributed by atoms with Crippen LogP contribution in [0.25, 0.3) is 10.8 Å². The summed E-state index contributed by atoms with van der Waals surface area (Å²) in [4.78, 5) is 0. The molecule has 0 aliphatic carbocycles. The Morgan fingerprint density at radius 2 is 1.57 bits per heavy atom. The molecule has 1 aromatic heterocycles. The zero-order chi connectivity index (χ0) is 10.2. The number of aromatic nitrogens is 1. The summed E-state index contributed by atoms with van der Waals surface area (Å²) in [5, 5.41) is 2.65. The second-order valence-corrected chi connectivity index (χ2v) is 9.51. The molecule has 2 rings (SSSR count). The van der Waals surface area contributed by atoms with Gasteiger partial charge in [0.25, 0.3) is 0 Å². The first kappa shape index (κ1) is 9.40. The number of fused-ring (bicyclic) bond motifs is 1. The van der Waals surface area contributed by atoms with E-state index < -0.39 is 8.24 Å². The summed E-state index contributed by atoms with van der Waals surface area (Å²) < 4.78 is 2.38. The maximum absolute atomic E-state index is 2.38. The Bertz CT molecular complexity index is 457. The second kappa shape index (κ2) is 3.21. The highest BCUT2D eigenvalue weighted by Gasteiger charge is 2.27. The molecule has 0 spiro atoms. The van der Waals surface area contributed by atoms with Gasteiger partial charge in [-0.25, -0.2) is 0 Å². The van der Waals surface area contributed by atoms with Gasteiger partial charge in [-0.3, -0.25) is 4.23 Å². The van der Waals surface area contributed by atoms with Gasteiger partial charge in [0, 0.05) is 11.5 Å². The fourth-order valence-electron chi connectivity index (χ4n) is 1.55. The van der Waals surface area contributed by atoms with Crippen molar-refractivity contribution in [2.75, 3.05) is 0 Å². The predicted molar refractivity (Wildman–Crippen MR) is 62.9 cm³/mol. The number of pyridine rings is 1. The van der Waals surface area contributed by atoms with Crippen molar-refractivity contribution in [3.63, 3.8) is 0 Å². The molecule has 72 valence electrons. The van der Waals surface area contributed by atoms with E-state index in [1.165, 1.54) is 10.8 Å². The molecule has 0 amide bonds. The molecule has 0 bridgehead atoms. The first-order chi connectivity index (χ1) is 6.57. The van der Waals surface area contributed by atoms with Crippen molar-refractivity contribution in [3.8, 4) is 0 Å². The van der Waals surface area contributed by atoms with Crippen molar-refractivity contribution in [1.29, 1.82) is 0 Å². The lowest BCUT2D eigenvalue weighted by Crippen LogP contribution is -2.57. The number of hydrogen-bond acceptors (Lipinski definition) is 0. The smallest absolute Gasteiger partial charge is 0.279 e. The molecule has 0 aliphatic rings. The van der Waals surface area contributed by atoms with Gasteiger partial charge < -0.3 is 0 Å². The molecule has 2 heteroatoms. The van der Waals surface area contributed by atoms with E-state index in [9.17, 15) is 0 Å². The third-order valence-electron chi connectivity index (χ3n) is 2.46. The zero-order valence-electron chi connectivity index (χ0n) is 8.99. The Morgan fingerprint density at radius 1 is 0.929 bits per heavy atom. The van der Waals surface area contributed by atoms with Gasteiger partial charge in [-0.1, -0.05) is 18.2 Å². The molecule has 0 saturated carbocycles. The summed E-state index contributed by atoms with van der Waals surface area (Å²) in [5.41, 5.74) is 0.